The molecule has 0 heterocycles. The van der Waals surface area contributed by atoms with Gasteiger partial charge in [-0.25, -0.2) is 4.39 Å². The molecule has 0 nitrogen and oxygen atoms in total. The van der Waals surface area contributed by atoms with Gasteiger partial charge in [-0.05, 0) is 54.5 Å². The van der Waals surface area contributed by atoms with E-state index in [1.165, 1.54) is 32.1 Å². The van der Waals surface area contributed by atoms with Crippen molar-refractivity contribution in [1.82, 2.24) is 0 Å². The molecule has 0 aliphatic heterocycles. The zero-order valence-electron chi connectivity index (χ0n) is 14.4. The molecular formula is C23H25F. The normalized spacial score (nSPS) is 20.2. The van der Waals surface area contributed by atoms with Crippen molar-refractivity contribution in [2.45, 2.75) is 45.4 Å². The Labute approximate surface area is 145 Å². The second-order valence-electron chi connectivity index (χ2n) is 7.09. The van der Waals surface area contributed by atoms with Crippen LogP contribution in [-0.2, 0) is 6.42 Å². The second-order valence-corrected chi connectivity index (χ2v) is 7.09. The largest absolute Gasteiger partial charge is 0.206 e. The third kappa shape index (κ3) is 4.71. The number of hydrogen-bond acceptors (Lipinski definition) is 0. The van der Waals surface area contributed by atoms with Gasteiger partial charge in [0, 0.05) is 5.56 Å². The summed E-state index contributed by atoms with van der Waals surface area (Å²) in [5.74, 6) is 7.47. The average Bonchev–Trinajstić information content (AvgIpc) is 2.61. The summed E-state index contributed by atoms with van der Waals surface area (Å²) in [4.78, 5) is 0. The summed E-state index contributed by atoms with van der Waals surface area (Å²) in [5.41, 5.74) is 2.48. The maximum Gasteiger partial charge on any atom is 0.139 e. The first kappa shape index (κ1) is 16.8. The van der Waals surface area contributed by atoms with Gasteiger partial charge in [0.15, 0.2) is 0 Å². The Balaban J connectivity index is 1.59. The smallest absolute Gasteiger partial charge is 0.139 e. The Morgan fingerprint density at radius 1 is 0.958 bits per heavy atom. The lowest BCUT2D eigenvalue weighted by Crippen LogP contribution is -2.12. The molecular weight excluding hydrogens is 295 g/mol. The molecule has 0 amide bonds. The monoisotopic (exact) mass is 320 g/mol. The van der Waals surface area contributed by atoms with Gasteiger partial charge in [0.2, 0.25) is 0 Å². The van der Waals surface area contributed by atoms with Crippen molar-refractivity contribution in [2.75, 3.05) is 0 Å². The van der Waals surface area contributed by atoms with Crippen molar-refractivity contribution in [3.63, 3.8) is 0 Å². The molecule has 2 aromatic rings. The summed E-state index contributed by atoms with van der Waals surface area (Å²) in [5, 5.41) is 0. The second kappa shape index (κ2) is 8.15. The molecule has 1 fully saturated rings. The minimum absolute atomic E-state index is 0.201. The van der Waals surface area contributed by atoms with E-state index in [2.05, 4.69) is 18.8 Å². The third-order valence-corrected chi connectivity index (χ3v) is 5.13. The Hall–Kier alpha value is -2.07. The van der Waals surface area contributed by atoms with Gasteiger partial charge in [-0.1, -0.05) is 68.7 Å². The summed E-state index contributed by atoms with van der Waals surface area (Å²) in [6, 6.07) is 15.2. The van der Waals surface area contributed by atoms with Gasteiger partial charge in [0.1, 0.15) is 5.82 Å². The van der Waals surface area contributed by atoms with E-state index >= 15 is 0 Å². The number of aryl methyl sites for hydroxylation is 1. The van der Waals surface area contributed by atoms with Crippen molar-refractivity contribution < 1.29 is 4.39 Å². The topological polar surface area (TPSA) is 0 Å². The van der Waals surface area contributed by atoms with Gasteiger partial charge >= 0.3 is 0 Å². The molecule has 0 bridgehead atoms. The zero-order valence-corrected chi connectivity index (χ0v) is 14.4. The number of halogens is 1. The number of hydrogen-bond donors (Lipinski definition) is 0. The van der Waals surface area contributed by atoms with Crippen LogP contribution in [0, 0.1) is 29.5 Å². The van der Waals surface area contributed by atoms with Gasteiger partial charge in [0.25, 0.3) is 0 Å². The van der Waals surface area contributed by atoms with Crippen LogP contribution in [0.1, 0.15) is 55.7 Å². The number of rotatable bonds is 3. The van der Waals surface area contributed by atoms with Crippen LogP contribution in [-0.4, -0.2) is 0 Å². The summed E-state index contributed by atoms with van der Waals surface area (Å²) < 4.78 is 14.3. The van der Waals surface area contributed by atoms with Crippen LogP contribution in [0.2, 0.25) is 0 Å². The van der Waals surface area contributed by atoms with E-state index in [1.807, 2.05) is 42.5 Å². The highest BCUT2D eigenvalue weighted by Gasteiger charge is 2.17. The SMILES string of the molecule is CC1CCC(CCc2ccc(C#Cc3ccccc3)c(F)c2)CC1. The van der Waals surface area contributed by atoms with E-state index in [0.29, 0.717) is 5.56 Å². The lowest BCUT2D eigenvalue weighted by atomic mass is 9.80. The van der Waals surface area contributed by atoms with Gasteiger partial charge in [0.05, 0.1) is 5.56 Å². The molecule has 124 valence electrons. The lowest BCUT2D eigenvalue weighted by Gasteiger charge is -2.26. The maximum absolute atomic E-state index is 14.3. The predicted molar refractivity (Wildman–Crippen MR) is 98.3 cm³/mol. The van der Waals surface area contributed by atoms with E-state index in [0.717, 1.165) is 29.4 Å². The summed E-state index contributed by atoms with van der Waals surface area (Å²) in [7, 11) is 0. The molecule has 1 heteroatoms. The Bertz CT molecular complexity index is 713. The Morgan fingerprint density at radius 2 is 1.71 bits per heavy atom. The fraction of sp³-hybridized carbons (Fsp3) is 0.391. The van der Waals surface area contributed by atoms with Crippen molar-refractivity contribution in [3.8, 4) is 11.8 Å². The van der Waals surface area contributed by atoms with Crippen LogP contribution >= 0.6 is 0 Å². The fourth-order valence-corrected chi connectivity index (χ4v) is 3.47. The van der Waals surface area contributed by atoms with E-state index in [1.54, 1.807) is 6.07 Å². The first-order valence-corrected chi connectivity index (χ1v) is 9.06. The summed E-state index contributed by atoms with van der Waals surface area (Å²) in [6.45, 7) is 2.35. The average molecular weight is 320 g/mol. The van der Waals surface area contributed by atoms with Crippen LogP contribution < -0.4 is 0 Å². The van der Waals surface area contributed by atoms with Crippen LogP contribution in [0.15, 0.2) is 48.5 Å². The highest BCUT2D eigenvalue weighted by atomic mass is 19.1. The van der Waals surface area contributed by atoms with Crippen LogP contribution in [0.5, 0.6) is 0 Å². The molecule has 0 saturated heterocycles. The standard InChI is InChI=1S/C23H25F/c1-18-7-9-20(10-8-18)11-12-21-14-16-22(23(24)17-21)15-13-19-5-3-2-4-6-19/h2-6,14,16-18,20H,7-12H2,1H3. The summed E-state index contributed by atoms with van der Waals surface area (Å²) in [6.07, 6.45) is 7.54. The molecule has 0 atom stereocenters. The van der Waals surface area contributed by atoms with E-state index in [-0.39, 0.29) is 5.82 Å². The molecule has 1 saturated carbocycles. The van der Waals surface area contributed by atoms with Gasteiger partial charge in [-0.3, -0.25) is 0 Å². The van der Waals surface area contributed by atoms with Crippen LogP contribution in [0.4, 0.5) is 4.39 Å². The molecule has 1 aliphatic rings. The molecule has 3 rings (SSSR count). The highest BCUT2D eigenvalue weighted by Crippen LogP contribution is 2.31. The minimum Gasteiger partial charge on any atom is -0.206 e. The molecule has 0 unspecified atom stereocenters. The Morgan fingerprint density at radius 3 is 2.42 bits per heavy atom. The van der Waals surface area contributed by atoms with Crippen molar-refractivity contribution >= 4 is 0 Å². The van der Waals surface area contributed by atoms with E-state index in [9.17, 15) is 4.39 Å². The molecule has 24 heavy (non-hydrogen) atoms. The predicted octanol–water partition coefficient (Wildman–Crippen LogP) is 5.98. The lowest BCUT2D eigenvalue weighted by molar-refractivity contribution is 0.277. The van der Waals surface area contributed by atoms with Crippen molar-refractivity contribution in [2.24, 2.45) is 11.8 Å². The van der Waals surface area contributed by atoms with E-state index in [4.69, 9.17) is 0 Å². The van der Waals surface area contributed by atoms with Gasteiger partial charge < -0.3 is 0 Å². The zero-order chi connectivity index (χ0) is 16.8. The molecule has 1 aliphatic carbocycles. The first-order valence-electron chi connectivity index (χ1n) is 9.06. The van der Waals surface area contributed by atoms with Gasteiger partial charge in [-0.2, -0.15) is 0 Å². The first-order chi connectivity index (χ1) is 11.7. The quantitative estimate of drug-likeness (QED) is 0.610. The highest BCUT2D eigenvalue weighted by molar-refractivity contribution is 5.44. The maximum atomic E-state index is 14.3. The molecule has 2 aromatic carbocycles. The van der Waals surface area contributed by atoms with E-state index < -0.39 is 0 Å². The van der Waals surface area contributed by atoms with Gasteiger partial charge in [-0.15, -0.1) is 0 Å². The van der Waals surface area contributed by atoms with Crippen molar-refractivity contribution in [1.29, 1.82) is 0 Å². The molecule has 0 N–H and O–H groups in total. The molecule has 0 aromatic heterocycles. The number of benzene rings is 2. The van der Waals surface area contributed by atoms with Crippen LogP contribution in [0.25, 0.3) is 0 Å². The third-order valence-electron chi connectivity index (χ3n) is 5.13. The molecule has 0 radical (unpaired) electrons. The van der Waals surface area contributed by atoms with Crippen LogP contribution in [0.3, 0.4) is 0 Å². The Kier molecular flexibility index (Phi) is 5.70. The van der Waals surface area contributed by atoms with Crippen molar-refractivity contribution in [3.05, 3.63) is 71.0 Å². The fourth-order valence-electron chi connectivity index (χ4n) is 3.47. The summed E-state index contributed by atoms with van der Waals surface area (Å²) >= 11 is 0. The minimum atomic E-state index is -0.201. The molecule has 0 spiro atoms.